The van der Waals surface area contributed by atoms with E-state index in [0.717, 1.165) is 42.3 Å². The quantitative estimate of drug-likeness (QED) is 0.373. The Morgan fingerprint density at radius 3 is 2.59 bits per heavy atom. The van der Waals surface area contributed by atoms with Crippen LogP contribution in [0.1, 0.15) is 12.5 Å². The van der Waals surface area contributed by atoms with E-state index in [1.165, 1.54) is 11.9 Å². The summed E-state index contributed by atoms with van der Waals surface area (Å²) in [5.41, 5.74) is 1.69. The lowest BCUT2D eigenvalue weighted by atomic mass is 10.2. The Hall–Kier alpha value is -2.20. The molecule has 3 heterocycles. The summed E-state index contributed by atoms with van der Waals surface area (Å²) in [5.74, 6) is 1.28. The van der Waals surface area contributed by atoms with Crippen LogP contribution in [0.4, 0.5) is 11.6 Å². The minimum absolute atomic E-state index is 0.345. The Kier molecular flexibility index (Phi) is 7.30. The molecule has 4 rings (SSSR count). The molecule has 1 aliphatic heterocycles. The van der Waals surface area contributed by atoms with E-state index in [2.05, 4.69) is 36.6 Å². The molecule has 0 spiro atoms. The van der Waals surface area contributed by atoms with Crippen molar-refractivity contribution in [2.45, 2.75) is 18.2 Å². The number of aryl methyl sites for hydroxylation is 1. The zero-order valence-electron chi connectivity index (χ0n) is 18.2. The minimum atomic E-state index is 0.345. The van der Waals surface area contributed by atoms with Gasteiger partial charge >= 0.3 is 0 Å². The van der Waals surface area contributed by atoms with Crippen molar-refractivity contribution in [1.82, 2.24) is 24.6 Å². The normalized spacial score (nSPS) is 14.6. The Bertz CT molecular complexity index is 1090. The second-order valence-corrected chi connectivity index (χ2v) is 9.13. The Labute approximate surface area is 202 Å². The molecule has 170 valence electrons. The zero-order valence-corrected chi connectivity index (χ0v) is 20.5. The largest absolute Gasteiger partial charge is 0.437 e. The summed E-state index contributed by atoms with van der Waals surface area (Å²) in [4.78, 5) is 14.4. The number of piperazine rings is 1. The molecular formula is C21H25Cl2N7OS. The number of hydrogen-bond acceptors (Lipinski definition) is 8. The Balaban J connectivity index is 1.57. The lowest BCUT2D eigenvalue weighted by Gasteiger charge is -2.34. The number of aromatic nitrogens is 4. The standard InChI is InChI=1S/C21H25Cl2N7OS/c1-4-15-19(23)25-21(27-32-14-12-24-29(3)13-14)26-20(15)31-17-7-5-6-16(18(17)22)30-10-8-28(2)9-11-30/h5-7,12-13H,4,8-11H2,1-3H3,(H,25,26,27). The van der Waals surface area contributed by atoms with Crippen molar-refractivity contribution >= 4 is 46.8 Å². The molecule has 1 fully saturated rings. The van der Waals surface area contributed by atoms with Crippen LogP contribution in [0, 0.1) is 0 Å². The number of hydrogen-bond donors (Lipinski definition) is 1. The van der Waals surface area contributed by atoms with Crippen molar-refractivity contribution in [3.05, 3.63) is 46.3 Å². The zero-order chi connectivity index (χ0) is 22.7. The smallest absolute Gasteiger partial charge is 0.237 e. The molecule has 2 aromatic heterocycles. The monoisotopic (exact) mass is 493 g/mol. The van der Waals surface area contributed by atoms with Gasteiger partial charge in [0.1, 0.15) is 15.9 Å². The van der Waals surface area contributed by atoms with Crippen molar-refractivity contribution in [2.24, 2.45) is 7.05 Å². The first-order valence-electron chi connectivity index (χ1n) is 10.3. The minimum Gasteiger partial charge on any atom is -0.437 e. The molecule has 1 saturated heterocycles. The molecule has 0 atom stereocenters. The van der Waals surface area contributed by atoms with E-state index in [1.54, 1.807) is 10.9 Å². The highest BCUT2D eigenvalue weighted by Crippen LogP contribution is 2.39. The topological polar surface area (TPSA) is 71.3 Å². The van der Waals surface area contributed by atoms with Gasteiger partial charge in [0.25, 0.3) is 0 Å². The van der Waals surface area contributed by atoms with E-state index in [-0.39, 0.29) is 0 Å². The second kappa shape index (κ2) is 10.2. The van der Waals surface area contributed by atoms with Gasteiger partial charge in [0, 0.05) is 39.4 Å². The van der Waals surface area contributed by atoms with Gasteiger partial charge in [0.15, 0.2) is 0 Å². The van der Waals surface area contributed by atoms with Crippen molar-refractivity contribution in [3.63, 3.8) is 0 Å². The SMILES string of the molecule is CCc1c(Cl)nc(NSc2cnn(C)c2)nc1Oc1cccc(N2CCN(C)CC2)c1Cl. The summed E-state index contributed by atoms with van der Waals surface area (Å²) in [6.07, 6.45) is 4.27. The lowest BCUT2D eigenvalue weighted by molar-refractivity contribution is 0.313. The lowest BCUT2D eigenvalue weighted by Crippen LogP contribution is -2.44. The molecular weight excluding hydrogens is 469 g/mol. The van der Waals surface area contributed by atoms with Gasteiger partial charge in [-0.25, -0.2) is 0 Å². The molecule has 32 heavy (non-hydrogen) atoms. The number of anilines is 2. The highest BCUT2D eigenvalue weighted by atomic mass is 35.5. The maximum absolute atomic E-state index is 6.76. The van der Waals surface area contributed by atoms with Gasteiger partial charge in [-0.3, -0.25) is 9.40 Å². The van der Waals surface area contributed by atoms with E-state index in [4.69, 9.17) is 27.9 Å². The number of rotatable bonds is 7. The summed E-state index contributed by atoms with van der Waals surface area (Å²) in [6.45, 7) is 5.80. The fraction of sp³-hybridized carbons (Fsp3) is 0.381. The third kappa shape index (κ3) is 5.23. The molecule has 0 radical (unpaired) electrons. The van der Waals surface area contributed by atoms with E-state index in [0.29, 0.717) is 34.2 Å². The van der Waals surface area contributed by atoms with Gasteiger partial charge in [-0.05, 0) is 37.5 Å². The fourth-order valence-electron chi connectivity index (χ4n) is 3.39. The molecule has 11 heteroatoms. The highest BCUT2D eigenvalue weighted by molar-refractivity contribution is 8.00. The molecule has 0 amide bonds. The summed E-state index contributed by atoms with van der Waals surface area (Å²) >= 11 is 14.6. The summed E-state index contributed by atoms with van der Waals surface area (Å²) in [7, 11) is 3.99. The molecule has 0 aliphatic carbocycles. The average molecular weight is 494 g/mol. The predicted octanol–water partition coefficient (Wildman–Crippen LogP) is 4.74. The number of nitrogens with one attached hydrogen (secondary N) is 1. The molecule has 1 aliphatic rings. The van der Waals surface area contributed by atoms with Crippen LogP contribution in [0.25, 0.3) is 0 Å². The van der Waals surface area contributed by atoms with Gasteiger partial charge < -0.3 is 14.5 Å². The van der Waals surface area contributed by atoms with Gasteiger partial charge in [-0.2, -0.15) is 15.1 Å². The van der Waals surface area contributed by atoms with Crippen LogP contribution >= 0.6 is 35.1 Å². The number of benzene rings is 1. The Morgan fingerprint density at radius 2 is 1.91 bits per heavy atom. The molecule has 1 N–H and O–H groups in total. The van der Waals surface area contributed by atoms with Crippen molar-refractivity contribution < 1.29 is 4.74 Å². The number of ether oxygens (including phenoxy) is 1. The van der Waals surface area contributed by atoms with Crippen molar-refractivity contribution in [3.8, 4) is 11.6 Å². The first-order valence-corrected chi connectivity index (χ1v) is 11.9. The predicted molar refractivity (Wildman–Crippen MR) is 130 cm³/mol. The van der Waals surface area contributed by atoms with Crippen molar-refractivity contribution in [2.75, 3.05) is 42.8 Å². The van der Waals surface area contributed by atoms with E-state index >= 15 is 0 Å². The number of likely N-dealkylation sites (N-methyl/N-ethyl adjacent to an activating group) is 1. The first-order chi connectivity index (χ1) is 15.4. The van der Waals surface area contributed by atoms with Crippen LogP contribution in [-0.4, -0.2) is 57.9 Å². The molecule has 1 aromatic carbocycles. The molecule has 8 nitrogen and oxygen atoms in total. The first kappa shape index (κ1) is 23.0. The maximum Gasteiger partial charge on any atom is 0.237 e. The molecule has 0 unspecified atom stereocenters. The van der Waals surface area contributed by atoms with Crippen LogP contribution in [0.15, 0.2) is 35.5 Å². The third-order valence-corrected chi connectivity index (χ3v) is 6.63. The van der Waals surface area contributed by atoms with Crippen LogP contribution in [0.3, 0.4) is 0 Å². The van der Waals surface area contributed by atoms with Crippen molar-refractivity contribution in [1.29, 1.82) is 0 Å². The van der Waals surface area contributed by atoms with Crippen LogP contribution in [-0.2, 0) is 13.5 Å². The summed E-state index contributed by atoms with van der Waals surface area (Å²) < 4.78 is 11.0. The maximum atomic E-state index is 6.76. The molecule has 3 aromatic rings. The van der Waals surface area contributed by atoms with E-state index < -0.39 is 0 Å². The third-order valence-electron chi connectivity index (χ3n) is 5.21. The summed E-state index contributed by atoms with van der Waals surface area (Å²) in [6, 6.07) is 5.81. The van der Waals surface area contributed by atoms with Gasteiger partial charge in [-0.15, -0.1) is 0 Å². The second-order valence-electron chi connectivity index (χ2n) is 7.51. The number of halogens is 2. The van der Waals surface area contributed by atoms with Gasteiger partial charge in [-0.1, -0.05) is 36.2 Å². The number of nitrogens with zero attached hydrogens (tertiary/aromatic N) is 6. The van der Waals surface area contributed by atoms with Gasteiger partial charge in [0.05, 0.1) is 22.3 Å². The fourth-order valence-corrected chi connectivity index (χ4v) is 4.58. The van der Waals surface area contributed by atoms with Crippen LogP contribution in [0.5, 0.6) is 11.6 Å². The summed E-state index contributed by atoms with van der Waals surface area (Å²) in [5, 5.41) is 5.06. The van der Waals surface area contributed by atoms with E-state index in [1.807, 2.05) is 38.4 Å². The van der Waals surface area contributed by atoms with E-state index in [9.17, 15) is 0 Å². The highest BCUT2D eigenvalue weighted by Gasteiger charge is 2.21. The molecule has 0 saturated carbocycles. The Morgan fingerprint density at radius 1 is 1.12 bits per heavy atom. The molecule has 0 bridgehead atoms. The van der Waals surface area contributed by atoms with Crippen LogP contribution < -0.4 is 14.4 Å². The van der Waals surface area contributed by atoms with Crippen LogP contribution in [0.2, 0.25) is 10.2 Å². The van der Waals surface area contributed by atoms with Gasteiger partial charge in [0.2, 0.25) is 11.8 Å². The average Bonchev–Trinajstić information content (AvgIpc) is 3.19.